The number of methoxy groups -OCH3 is 1. The molecule has 1 amide bonds. The van der Waals surface area contributed by atoms with Crippen LogP contribution in [-0.4, -0.2) is 46.1 Å². The predicted molar refractivity (Wildman–Crippen MR) is 128 cm³/mol. The van der Waals surface area contributed by atoms with Crippen molar-refractivity contribution in [2.75, 3.05) is 24.6 Å². The number of amides is 1. The molecule has 7 nitrogen and oxygen atoms in total. The van der Waals surface area contributed by atoms with E-state index in [0.29, 0.717) is 41.3 Å². The van der Waals surface area contributed by atoms with Crippen LogP contribution in [0, 0.1) is 5.82 Å². The minimum atomic E-state index is -0.562. The number of benzene rings is 2. The number of ether oxygens (including phenoxy) is 1. The third-order valence-corrected chi connectivity index (χ3v) is 5.95. The summed E-state index contributed by atoms with van der Waals surface area (Å²) in [5.41, 5.74) is 7.30. The summed E-state index contributed by atoms with van der Waals surface area (Å²) in [6.07, 6.45) is 3.95. The third kappa shape index (κ3) is 5.23. The maximum atomic E-state index is 14.4. The number of aromatic nitrogens is 2. The van der Waals surface area contributed by atoms with E-state index < -0.39 is 11.9 Å². The number of rotatable bonds is 10. The largest absolute Gasteiger partial charge is 0.496 e. The Morgan fingerprint density at radius 2 is 2.16 bits per heavy atom. The van der Waals surface area contributed by atoms with E-state index in [9.17, 15) is 9.18 Å². The fourth-order valence-corrected chi connectivity index (χ4v) is 4.32. The molecule has 3 N–H and O–H groups in total. The van der Waals surface area contributed by atoms with Gasteiger partial charge in [0.15, 0.2) is 5.82 Å². The summed E-state index contributed by atoms with van der Waals surface area (Å²) >= 11 is 7.51. The van der Waals surface area contributed by atoms with Crippen LogP contribution >= 0.6 is 23.4 Å². The zero-order valence-corrected chi connectivity index (χ0v) is 19.6. The third-order valence-electron chi connectivity index (χ3n) is 5.07. The number of hydrogen-bond donors (Lipinski definition) is 2. The molecule has 0 radical (unpaired) electrons. The minimum absolute atomic E-state index is 0.0143. The predicted octanol–water partition coefficient (Wildman–Crippen LogP) is 4.56. The van der Waals surface area contributed by atoms with Crippen molar-refractivity contribution in [2.24, 2.45) is 5.73 Å². The molecule has 32 heavy (non-hydrogen) atoms. The van der Waals surface area contributed by atoms with E-state index in [1.165, 1.54) is 12.4 Å². The number of carbonyl (C=O) groups is 1. The van der Waals surface area contributed by atoms with Gasteiger partial charge in [-0.3, -0.25) is 9.69 Å². The lowest BCUT2D eigenvalue weighted by atomic mass is 10.1. The van der Waals surface area contributed by atoms with Crippen LogP contribution in [-0.2, 0) is 11.3 Å². The van der Waals surface area contributed by atoms with Crippen LogP contribution in [0.1, 0.15) is 18.9 Å². The molecule has 0 aliphatic heterocycles. The van der Waals surface area contributed by atoms with E-state index in [2.05, 4.69) is 15.3 Å². The summed E-state index contributed by atoms with van der Waals surface area (Å²) in [5, 5.41) is 3.70. The topological polar surface area (TPSA) is 93.4 Å². The van der Waals surface area contributed by atoms with E-state index in [1.54, 1.807) is 37.1 Å². The molecular weight excluding hydrogens is 453 g/mol. The van der Waals surface area contributed by atoms with Crippen LogP contribution in [0.2, 0.25) is 5.02 Å². The van der Waals surface area contributed by atoms with Gasteiger partial charge in [-0.25, -0.2) is 14.4 Å². The number of halogens is 2. The number of fused-ring (bicyclic) bond motifs is 1. The first-order valence-corrected chi connectivity index (χ1v) is 11.7. The Morgan fingerprint density at radius 3 is 2.81 bits per heavy atom. The molecule has 3 rings (SSSR count). The highest BCUT2D eigenvalue weighted by Crippen LogP contribution is 2.32. The van der Waals surface area contributed by atoms with Gasteiger partial charge in [0.1, 0.15) is 17.9 Å². The normalized spacial score (nSPS) is 12.2. The van der Waals surface area contributed by atoms with Crippen LogP contribution in [0.25, 0.3) is 10.9 Å². The van der Waals surface area contributed by atoms with Gasteiger partial charge >= 0.3 is 0 Å². The van der Waals surface area contributed by atoms with Gasteiger partial charge in [-0.05, 0) is 30.9 Å². The molecule has 1 aromatic heterocycles. The molecule has 1 unspecified atom stereocenters. The Balaban J connectivity index is 2.06. The van der Waals surface area contributed by atoms with Crippen molar-refractivity contribution in [2.45, 2.75) is 25.9 Å². The number of hydrogen-bond acceptors (Lipinski definition) is 7. The summed E-state index contributed by atoms with van der Waals surface area (Å²) in [4.78, 5) is 22.6. The highest BCUT2D eigenvalue weighted by Gasteiger charge is 2.23. The monoisotopic (exact) mass is 477 g/mol. The molecule has 170 valence electrons. The quantitative estimate of drug-likeness (QED) is 0.413. The molecule has 3 aromatic rings. The average Bonchev–Trinajstić information content (AvgIpc) is 2.77. The number of nitrogens with two attached hydrogens (primary N) is 1. The van der Waals surface area contributed by atoms with Crippen LogP contribution in [0.5, 0.6) is 5.75 Å². The molecule has 0 aliphatic carbocycles. The summed E-state index contributed by atoms with van der Waals surface area (Å²) in [5.74, 6) is 0.740. The first-order chi connectivity index (χ1) is 15.4. The van der Waals surface area contributed by atoms with Crippen molar-refractivity contribution in [3.63, 3.8) is 0 Å². The fourth-order valence-electron chi connectivity index (χ4n) is 3.54. The number of anilines is 2. The highest BCUT2D eigenvalue weighted by atomic mass is 35.5. The Kier molecular flexibility index (Phi) is 8.11. The van der Waals surface area contributed by atoms with Crippen molar-refractivity contribution in [3.05, 3.63) is 53.1 Å². The second kappa shape index (κ2) is 10.8. The zero-order chi connectivity index (χ0) is 23.3. The van der Waals surface area contributed by atoms with Crippen LogP contribution in [0.3, 0.4) is 0 Å². The number of carbonyl (C=O) groups excluding carboxylic acids is 1. The van der Waals surface area contributed by atoms with Gasteiger partial charge < -0.3 is 15.8 Å². The van der Waals surface area contributed by atoms with Gasteiger partial charge in [-0.2, -0.15) is 0 Å². The number of thioether (sulfide) groups is 1. The molecule has 2 aromatic carbocycles. The first kappa shape index (κ1) is 24.0. The van der Waals surface area contributed by atoms with Crippen molar-refractivity contribution in [3.8, 4) is 5.75 Å². The maximum absolute atomic E-state index is 14.4. The van der Waals surface area contributed by atoms with E-state index >= 15 is 0 Å². The minimum Gasteiger partial charge on any atom is -0.496 e. The van der Waals surface area contributed by atoms with Gasteiger partial charge in [0, 0.05) is 29.4 Å². The van der Waals surface area contributed by atoms with Crippen molar-refractivity contribution in [1.29, 1.82) is 0 Å². The Hall–Kier alpha value is -2.62. The summed E-state index contributed by atoms with van der Waals surface area (Å²) in [6.45, 7) is 2.36. The lowest BCUT2D eigenvalue weighted by molar-refractivity contribution is -0.123. The van der Waals surface area contributed by atoms with Gasteiger partial charge in [-0.1, -0.05) is 24.6 Å². The number of nitrogens with one attached hydrogen (secondary N) is 1. The second-order valence-electron chi connectivity index (χ2n) is 7.12. The fraction of sp³-hybridized carbons (Fsp3) is 0.318. The van der Waals surface area contributed by atoms with E-state index in [1.807, 2.05) is 24.1 Å². The van der Waals surface area contributed by atoms with E-state index in [4.69, 9.17) is 22.1 Å². The smallest absolute Gasteiger partial charge is 0.234 e. The van der Waals surface area contributed by atoms with Gasteiger partial charge in [0.2, 0.25) is 5.91 Å². The number of primary amides is 1. The van der Waals surface area contributed by atoms with Crippen LogP contribution in [0.15, 0.2) is 36.7 Å². The van der Waals surface area contributed by atoms with Gasteiger partial charge in [0.05, 0.1) is 29.4 Å². The Bertz CT molecular complexity index is 1120. The Labute approximate surface area is 195 Å². The Morgan fingerprint density at radius 1 is 1.38 bits per heavy atom. The summed E-state index contributed by atoms with van der Waals surface area (Å²) in [7, 11) is 1.58. The van der Waals surface area contributed by atoms with Crippen molar-refractivity contribution < 1.29 is 13.9 Å². The average molecular weight is 478 g/mol. The van der Waals surface area contributed by atoms with Crippen molar-refractivity contribution in [1.82, 2.24) is 14.9 Å². The zero-order valence-electron chi connectivity index (χ0n) is 18.1. The molecule has 1 heterocycles. The molecule has 10 heteroatoms. The van der Waals surface area contributed by atoms with Crippen LogP contribution < -0.4 is 15.8 Å². The molecule has 0 bridgehead atoms. The van der Waals surface area contributed by atoms with Crippen molar-refractivity contribution >= 4 is 51.7 Å². The van der Waals surface area contributed by atoms with E-state index in [-0.39, 0.29) is 16.6 Å². The standard InChI is InChI=1S/C22H25ClFN5O2S/c1-4-18(21(25)30)29(12-32-3)10-13-8-14-17(9-19(13)31-2)26-11-27-22(14)28-16-7-5-6-15(23)20(16)24/h5-9,11,18H,4,10,12H2,1-3H3,(H2,25,30)(H,26,27,28). The lowest BCUT2D eigenvalue weighted by Gasteiger charge is -2.28. The summed E-state index contributed by atoms with van der Waals surface area (Å²) in [6, 6.07) is 7.99. The van der Waals surface area contributed by atoms with E-state index in [0.717, 1.165) is 5.56 Å². The first-order valence-electron chi connectivity index (χ1n) is 9.94. The van der Waals surface area contributed by atoms with Gasteiger partial charge in [-0.15, -0.1) is 11.8 Å². The molecule has 1 atom stereocenters. The maximum Gasteiger partial charge on any atom is 0.234 e. The molecule has 0 spiro atoms. The molecule has 0 fully saturated rings. The molecule has 0 saturated carbocycles. The SMILES string of the molecule is CCC(C(N)=O)N(CSC)Cc1cc2c(Nc3cccc(Cl)c3F)ncnc2cc1OC. The number of nitrogens with zero attached hydrogens (tertiary/aromatic N) is 3. The molecule has 0 aliphatic rings. The van der Waals surface area contributed by atoms with Gasteiger partial charge in [0.25, 0.3) is 0 Å². The van der Waals surface area contributed by atoms with Crippen LogP contribution in [0.4, 0.5) is 15.9 Å². The highest BCUT2D eigenvalue weighted by molar-refractivity contribution is 7.98. The summed E-state index contributed by atoms with van der Waals surface area (Å²) < 4.78 is 20.0. The molecule has 0 saturated heterocycles. The molecular formula is C22H25ClFN5O2S. The lowest BCUT2D eigenvalue weighted by Crippen LogP contribution is -2.43. The second-order valence-corrected chi connectivity index (χ2v) is 8.36.